The second-order valence-electron chi connectivity index (χ2n) is 1.99. The number of hydrogen-bond donors (Lipinski definition) is 0. The monoisotopic (exact) mass is 179 g/mol. The van der Waals surface area contributed by atoms with Crippen molar-refractivity contribution in [2.24, 2.45) is 0 Å². The van der Waals surface area contributed by atoms with Gasteiger partial charge in [-0.25, -0.2) is 4.79 Å². The average Bonchev–Trinajstić information content (AvgIpc) is 2.05. The fourth-order valence-corrected chi connectivity index (χ4v) is 1.38. The molecule has 1 unspecified atom stereocenters. The zero-order valence-corrected chi connectivity index (χ0v) is 6.87. The summed E-state index contributed by atoms with van der Waals surface area (Å²) in [5, 5.41) is 0. The van der Waals surface area contributed by atoms with Gasteiger partial charge in [0.25, 0.3) is 5.66 Å². The van der Waals surface area contributed by atoms with E-state index in [-0.39, 0.29) is 18.9 Å². The predicted octanol–water partition coefficient (Wildman–Crippen LogP) is 0.911. The number of rotatable bonds is 2. The van der Waals surface area contributed by atoms with Gasteiger partial charge in [-0.05, 0) is 4.57 Å². The number of carbonyl (C=O) groups is 1. The van der Waals surface area contributed by atoms with Crippen LogP contribution in [0.3, 0.4) is 0 Å². The molecule has 0 radical (unpaired) electrons. The minimum atomic E-state index is -1.77. The van der Waals surface area contributed by atoms with Gasteiger partial charge >= 0.3 is 14.2 Å². The molecule has 0 N–H and O–H groups in total. The third kappa shape index (κ3) is 2.13. The summed E-state index contributed by atoms with van der Waals surface area (Å²) in [6, 6.07) is 0. The van der Waals surface area contributed by atoms with Gasteiger partial charge < -0.3 is 9.47 Å². The molecule has 1 fully saturated rings. The lowest BCUT2D eigenvalue weighted by atomic mass is 10.5. The van der Waals surface area contributed by atoms with Crippen LogP contribution in [0.1, 0.15) is 0 Å². The van der Waals surface area contributed by atoms with Crippen LogP contribution < -0.4 is 0 Å². The van der Waals surface area contributed by atoms with Crippen LogP contribution in [0.5, 0.6) is 0 Å². The molecular formula is C5H8O5P+. The molecule has 0 bridgehead atoms. The van der Waals surface area contributed by atoms with E-state index in [0.717, 1.165) is 0 Å². The molecule has 5 nitrogen and oxygen atoms in total. The molecule has 0 spiro atoms. The van der Waals surface area contributed by atoms with Crippen LogP contribution in [0.4, 0.5) is 4.79 Å². The van der Waals surface area contributed by atoms with Crippen molar-refractivity contribution in [1.29, 1.82) is 0 Å². The van der Waals surface area contributed by atoms with Crippen molar-refractivity contribution in [3.8, 4) is 0 Å². The molecule has 6 heteroatoms. The summed E-state index contributed by atoms with van der Waals surface area (Å²) in [5.74, 6) is 0. The van der Waals surface area contributed by atoms with E-state index >= 15 is 0 Å². The van der Waals surface area contributed by atoms with Crippen LogP contribution in [0.2, 0.25) is 0 Å². The quantitative estimate of drug-likeness (QED) is 0.465. The largest absolute Gasteiger partial charge is 0.518 e. The van der Waals surface area contributed by atoms with E-state index in [0.29, 0.717) is 0 Å². The molecule has 1 aliphatic rings. The maximum atomic E-state index is 10.9. The van der Waals surface area contributed by atoms with Gasteiger partial charge in [0.2, 0.25) is 0 Å². The molecule has 11 heavy (non-hydrogen) atoms. The maximum absolute atomic E-state index is 10.9. The highest BCUT2D eigenvalue weighted by Crippen LogP contribution is 2.30. The smallest absolute Gasteiger partial charge is 0.429 e. The van der Waals surface area contributed by atoms with Crippen LogP contribution in [0, 0.1) is 0 Å². The van der Waals surface area contributed by atoms with E-state index in [9.17, 15) is 9.36 Å². The summed E-state index contributed by atoms with van der Waals surface area (Å²) in [5.41, 5.74) is -0.326. The van der Waals surface area contributed by atoms with E-state index in [2.05, 4.69) is 14.0 Å². The Morgan fingerprint density at radius 1 is 1.55 bits per heavy atom. The number of ether oxygens (including phenoxy) is 2. The Kier molecular flexibility index (Phi) is 2.79. The number of hydrogen-bond acceptors (Lipinski definition) is 5. The van der Waals surface area contributed by atoms with Gasteiger partial charge in [-0.1, -0.05) is 0 Å². The van der Waals surface area contributed by atoms with Gasteiger partial charge in [-0.15, -0.1) is 4.52 Å². The highest BCUT2D eigenvalue weighted by atomic mass is 31.1. The SMILES string of the molecule is CO[P+](=O)C1COC(=O)OC1. The summed E-state index contributed by atoms with van der Waals surface area (Å²) in [7, 11) is -0.425. The van der Waals surface area contributed by atoms with Crippen LogP contribution in [0.15, 0.2) is 0 Å². The highest BCUT2D eigenvalue weighted by Gasteiger charge is 2.37. The fraction of sp³-hybridized carbons (Fsp3) is 0.800. The highest BCUT2D eigenvalue weighted by molar-refractivity contribution is 7.40. The summed E-state index contributed by atoms with van der Waals surface area (Å²) in [6.45, 7) is 0.226. The third-order valence-electron chi connectivity index (χ3n) is 1.27. The van der Waals surface area contributed by atoms with Crippen molar-refractivity contribution in [3.63, 3.8) is 0 Å². The predicted molar refractivity (Wildman–Crippen MR) is 35.7 cm³/mol. The minimum absolute atomic E-state index is 0.113. The molecule has 0 saturated carbocycles. The maximum Gasteiger partial charge on any atom is 0.518 e. The lowest BCUT2D eigenvalue weighted by Crippen LogP contribution is -2.29. The van der Waals surface area contributed by atoms with E-state index in [1.165, 1.54) is 7.11 Å². The van der Waals surface area contributed by atoms with Crippen molar-refractivity contribution in [3.05, 3.63) is 0 Å². The topological polar surface area (TPSA) is 61.8 Å². The summed E-state index contributed by atoms with van der Waals surface area (Å²) >= 11 is 0. The van der Waals surface area contributed by atoms with E-state index in [1.807, 2.05) is 0 Å². The Morgan fingerprint density at radius 3 is 2.55 bits per heavy atom. The first kappa shape index (κ1) is 8.43. The molecule has 62 valence electrons. The Hall–Kier alpha value is -0.670. The van der Waals surface area contributed by atoms with Gasteiger partial charge in [0.05, 0.1) is 7.11 Å². The van der Waals surface area contributed by atoms with Crippen molar-refractivity contribution in [1.82, 2.24) is 0 Å². The van der Waals surface area contributed by atoms with Crippen molar-refractivity contribution >= 4 is 14.2 Å². The van der Waals surface area contributed by atoms with Crippen LogP contribution >= 0.6 is 8.03 Å². The first-order valence-corrected chi connectivity index (χ1v) is 4.28. The molecule has 0 amide bonds. The van der Waals surface area contributed by atoms with Gasteiger partial charge in [-0.3, -0.25) is 0 Å². The van der Waals surface area contributed by atoms with Crippen molar-refractivity contribution in [2.75, 3.05) is 20.3 Å². The molecule has 1 aliphatic heterocycles. The Morgan fingerprint density at radius 2 is 2.09 bits per heavy atom. The lowest BCUT2D eigenvalue weighted by Gasteiger charge is -2.13. The van der Waals surface area contributed by atoms with Crippen LogP contribution in [-0.2, 0) is 18.6 Å². The zero-order valence-electron chi connectivity index (χ0n) is 5.98. The molecule has 0 aromatic heterocycles. The molecule has 0 aromatic rings. The summed E-state index contributed by atoms with van der Waals surface area (Å²) < 4.78 is 24.5. The Bertz CT molecular complexity index is 170. The molecule has 1 rings (SSSR count). The standard InChI is InChI=1S/C5H8O5P/c1-8-11(7)4-2-9-5(6)10-3-4/h4H,2-3H2,1H3/q+1. The first-order valence-electron chi connectivity index (χ1n) is 3.04. The Balaban J connectivity index is 2.39. The number of cyclic esters (lactones) is 2. The zero-order chi connectivity index (χ0) is 8.27. The second-order valence-corrected chi connectivity index (χ2v) is 3.66. The summed E-state index contributed by atoms with van der Waals surface area (Å²) in [6.07, 6.45) is -0.708. The summed E-state index contributed by atoms with van der Waals surface area (Å²) in [4.78, 5) is 10.3. The lowest BCUT2D eigenvalue weighted by molar-refractivity contribution is 0.0200. The second kappa shape index (κ2) is 3.64. The van der Waals surface area contributed by atoms with Crippen LogP contribution in [0.25, 0.3) is 0 Å². The van der Waals surface area contributed by atoms with Crippen molar-refractivity contribution in [2.45, 2.75) is 5.66 Å². The van der Waals surface area contributed by atoms with Gasteiger partial charge in [0.1, 0.15) is 13.2 Å². The van der Waals surface area contributed by atoms with E-state index < -0.39 is 14.2 Å². The fourth-order valence-electron chi connectivity index (χ4n) is 0.689. The third-order valence-corrected chi connectivity index (χ3v) is 2.52. The Labute approximate surface area is 64.5 Å². The van der Waals surface area contributed by atoms with Gasteiger partial charge in [0.15, 0.2) is 0 Å². The van der Waals surface area contributed by atoms with Gasteiger partial charge in [-0.2, -0.15) is 0 Å². The molecule has 1 heterocycles. The average molecular weight is 179 g/mol. The van der Waals surface area contributed by atoms with Crippen molar-refractivity contribution < 1.29 is 23.4 Å². The molecule has 0 aromatic carbocycles. The normalized spacial score (nSPS) is 20.5. The van der Waals surface area contributed by atoms with Gasteiger partial charge in [0, 0.05) is 0 Å². The van der Waals surface area contributed by atoms with E-state index in [1.54, 1.807) is 0 Å². The molecule has 1 atom stereocenters. The molecule has 1 saturated heterocycles. The molecular weight excluding hydrogens is 171 g/mol. The number of carbonyl (C=O) groups excluding carboxylic acids is 1. The minimum Gasteiger partial charge on any atom is -0.429 e. The van der Waals surface area contributed by atoms with E-state index in [4.69, 9.17) is 0 Å². The first-order chi connectivity index (χ1) is 5.24. The molecule has 0 aliphatic carbocycles. The van der Waals surface area contributed by atoms with Crippen LogP contribution in [-0.4, -0.2) is 32.1 Å².